The molecule has 0 spiro atoms. The average Bonchev–Trinajstić information content (AvgIpc) is 2.65. The summed E-state index contributed by atoms with van der Waals surface area (Å²) in [5.41, 5.74) is 6.18. The van der Waals surface area contributed by atoms with Gasteiger partial charge in [0.2, 0.25) is 0 Å². The summed E-state index contributed by atoms with van der Waals surface area (Å²) < 4.78 is 0. The van der Waals surface area contributed by atoms with Crippen LogP contribution in [0.2, 0.25) is 0 Å². The van der Waals surface area contributed by atoms with Crippen LogP contribution in [0.1, 0.15) is 33.6 Å². The van der Waals surface area contributed by atoms with Gasteiger partial charge in [-0.1, -0.05) is 13.8 Å². The van der Waals surface area contributed by atoms with Crippen LogP contribution < -0.4 is 11.1 Å². The molecule has 0 aromatic carbocycles. The minimum Gasteiger partial charge on any atom is -0.324 e. The molecule has 1 fully saturated rings. The fraction of sp³-hybridized carbons (Fsp3) is 1.00. The van der Waals surface area contributed by atoms with Crippen LogP contribution in [0, 0.1) is 11.8 Å². The summed E-state index contributed by atoms with van der Waals surface area (Å²) in [6.45, 7) is 8.66. The molecule has 1 unspecified atom stereocenters. The van der Waals surface area contributed by atoms with Crippen molar-refractivity contribution in [1.29, 1.82) is 0 Å². The summed E-state index contributed by atoms with van der Waals surface area (Å²) in [7, 11) is 0. The SMILES string of the molecule is CC(C)CNCC(C)(N)C1CC1. The molecule has 0 radical (unpaired) electrons. The molecule has 1 saturated carbocycles. The van der Waals surface area contributed by atoms with E-state index in [0.29, 0.717) is 0 Å². The van der Waals surface area contributed by atoms with E-state index in [1.54, 1.807) is 0 Å². The second-order valence-corrected chi connectivity index (χ2v) is 4.80. The zero-order chi connectivity index (χ0) is 9.19. The third kappa shape index (κ3) is 3.11. The molecule has 0 aromatic rings. The molecule has 2 heteroatoms. The molecule has 1 aliphatic carbocycles. The summed E-state index contributed by atoms with van der Waals surface area (Å²) in [5.74, 6) is 1.50. The molecule has 0 heterocycles. The van der Waals surface area contributed by atoms with Gasteiger partial charge in [0.05, 0.1) is 0 Å². The first-order valence-electron chi connectivity index (χ1n) is 5.02. The van der Waals surface area contributed by atoms with Gasteiger partial charge in [-0.05, 0) is 38.1 Å². The molecule has 1 aliphatic rings. The Morgan fingerprint density at radius 1 is 1.50 bits per heavy atom. The number of hydrogen-bond acceptors (Lipinski definition) is 2. The quantitative estimate of drug-likeness (QED) is 0.654. The van der Waals surface area contributed by atoms with Crippen molar-refractivity contribution in [3.8, 4) is 0 Å². The van der Waals surface area contributed by atoms with Gasteiger partial charge in [0, 0.05) is 12.1 Å². The van der Waals surface area contributed by atoms with Crippen molar-refractivity contribution in [1.82, 2.24) is 5.32 Å². The highest BCUT2D eigenvalue weighted by atomic mass is 14.9. The van der Waals surface area contributed by atoms with E-state index in [9.17, 15) is 0 Å². The van der Waals surface area contributed by atoms with Crippen molar-refractivity contribution in [2.75, 3.05) is 13.1 Å². The highest BCUT2D eigenvalue weighted by molar-refractivity contribution is 4.96. The largest absolute Gasteiger partial charge is 0.324 e. The molecule has 0 saturated heterocycles. The van der Waals surface area contributed by atoms with Crippen LogP contribution in [-0.4, -0.2) is 18.6 Å². The van der Waals surface area contributed by atoms with Crippen molar-refractivity contribution in [2.24, 2.45) is 17.6 Å². The van der Waals surface area contributed by atoms with Crippen LogP contribution in [0.4, 0.5) is 0 Å². The second kappa shape index (κ2) is 3.75. The summed E-state index contributed by atoms with van der Waals surface area (Å²) in [4.78, 5) is 0. The van der Waals surface area contributed by atoms with E-state index in [0.717, 1.165) is 24.9 Å². The van der Waals surface area contributed by atoms with Gasteiger partial charge < -0.3 is 11.1 Å². The normalized spacial score (nSPS) is 22.8. The molecule has 12 heavy (non-hydrogen) atoms. The van der Waals surface area contributed by atoms with E-state index >= 15 is 0 Å². The van der Waals surface area contributed by atoms with Crippen molar-refractivity contribution < 1.29 is 0 Å². The van der Waals surface area contributed by atoms with Gasteiger partial charge in [-0.15, -0.1) is 0 Å². The lowest BCUT2D eigenvalue weighted by Crippen LogP contribution is -2.48. The lowest BCUT2D eigenvalue weighted by molar-refractivity contribution is 0.370. The molecule has 0 amide bonds. The maximum absolute atomic E-state index is 6.15. The monoisotopic (exact) mass is 170 g/mol. The smallest absolute Gasteiger partial charge is 0.0280 e. The molecular formula is C10H22N2. The summed E-state index contributed by atoms with van der Waals surface area (Å²) >= 11 is 0. The summed E-state index contributed by atoms with van der Waals surface area (Å²) in [6, 6.07) is 0. The van der Waals surface area contributed by atoms with E-state index in [4.69, 9.17) is 5.73 Å². The second-order valence-electron chi connectivity index (χ2n) is 4.80. The van der Waals surface area contributed by atoms with Gasteiger partial charge in [0.15, 0.2) is 0 Å². The zero-order valence-electron chi connectivity index (χ0n) is 8.56. The Morgan fingerprint density at radius 2 is 2.08 bits per heavy atom. The minimum absolute atomic E-state index is 0.0366. The van der Waals surface area contributed by atoms with Crippen LogP contribution >= 0.6 is 0 Å². The van der Waals surface area contributed by atoms with E-state index in [2.05, 4.69) is 26.1 Å². The molecule has 1 atom stereocenters. The Kier molecular flexibility index (Phi) is 3.13. The third-order valence-electron chi connectivity index (χ3n) is 2.57. The lowest BCUT2D eigenvalue weighted by atomic mass is 9.97. The van der Waals surface area contributed by atoms with Crippen LogP contribution in [0.5, 0.6) is 0 Å². The fourth-order valence-electron chi connectivity index (χ4n) is 1.52. The number of nitrogens with two attached hydrogens (primary N) is 1. The molecule has 2 nitrogen and oxygen atoms in total. The van der Waals surface area contributed by atoms with Crippen LogP contribution in [-0.2, 0) is 0 Å². The Labute approximate surface area is 75.9 Å². The summed E-state index contributed by atoms with van der Waals surface area (Å²) in [6.07, 6.45) is 2.66. The predicted molar refractivity (Wildman–Crippen MR) is 53.0 cm³/mol. The number of nitrogens with one attached hydrogen (secondary N) is 1. The van der Waals surface area contributed by atoms with Gasteiger partial charge in [-0.25, -0.2) is 0 Å². The molecule has 0 aromatic heterocycles. The number of hydrogen-bond donors (Lipinski definition) is 2. The van der Waals surface area contributed by atoms with E-state index in [-0.39, 0.29) is 5.54 Å². The predicted octanol–water partition coefficient (Wildman–Crippen LogP) is 1.36. The topological polar surface area (TPSA) is 38.0 Å². The maximum atomic E-state index is 6.15. The van der Waals surface area contributed by atoms with Gasteiger partial charge >= 0.3 is 0 Å². The molecule has 72 valence electrons. The Balaban J connectivity index is 2.12. The Morgan fingerprint density at radius 3 is 2.50 bits per heavy atom. The van der Waals surface area contributed by atoms with Crippen molar-refractivity contribution in [3.05, 3.63) is 0 Å². The van der Waals surface area contributed by atoms with E-state index < -0.39 is 0 Å². The van der Waals surface area contributed by atoms with Gasteiger partial charge in [0.1, 0.15) is 0 Å². The standard InChI is InChI=1S/C10H22N2/c1-8(2)6-12-7-10(3,11)9-4-5-9/h8-9,12H,4-7,11H2,1-3H3. The highest BCUT2D eigenvalue weighted by Gasteiger charge is 2.37. The minimum atomic E-state index is 0.0366. The highest BCUT2D eigenvalue weighted by Crippen LogP contribution is 2.37. The molecule has 0 bridgehead atoms. The fourth-order valence-corrected chi connectivity index (χ4v) is 1.52. The first-order valence-corrected chi connectivity index (χ1v) is 5.02. The molecule has 0 aliphatic heterocycles. The Bertz CT molecular complexity index is 137. The first-order chi connectivity index (χ1) is 5.52. The van der Waals surface area contributed by atoms with Gasteiger partial charge in [-0.2, -0.15) is 0 Å². The van der Waals surface area contributed by atoms with E-state index in [1.807, 2.05) is 0 Å². The van der Waals surface area contributed by atoms with Gasteiger partial charge in [-0.3, -0.25) is 0 Å². The van der Waals surface area contributed by atoms with Crippen LogP contribution in [0.15, 0.2) is 0 Å². The Hall–Kier alpha value is -0.0800. The number of rotatable bonds is 5. The van der Waals surface area contributed by atoms with Crippen molar-refractivity contribution >= 4 is 0 Å². The van der Waals surface area contributed by atoms with Gasteiger partial charge in [0.25, 0.3) is 0 Å². The van der Waals surface area contributed by atoms with Crippen LogP contribution in [0.3, 0.4) is 0 Å². The molecular weight excluding hydrogens is 148 g/mol. The lowest BCUT2D eigenvalue weighted by Gasteiger charge is -2.25. The maximum Gasteiger partial charge on any atom is 0.0280 e. The third-order valence-corrected chi connectivity index (χ3v) is 2.57. The molecule has 3 N–H and O–H groups in total. The van der Waals surface area contributed by atoms with E-state index in [1.165, 1.54) is 12.8 Å². The van der Waals surface area contributed by atoms with Crippen molar-refractivity contribution in [2.45, 2.75) is 39.2 Å². The average molecular weight is 170 g/mol. The zero-order valence-corrected chi connectivity index (χ0v) is 8.56. The first kappa shape index (κ1) is 10.0. The molecule has 1 rings (SSSR count). The van der Waals surface area contributed by atoms with Crippen LogP contribution in [0.25, 0.3) is 0 Å². The summed E-state index contributed by atoms with van der Waals surface area (Å²) in [5, 5.41) is 3.42. The van der Waals surface area contributed by atoms with Crippen molar-refractivity contribution in [3.63, 3.8) is 0 Å².